The lowest BCUT2D eigenvalue weighted by Crippen LogP contribution is -2.28. The van der Waals surface area contributed by atoms with Gasteiger partial charge < -0.3 is 30.8 Å². The van der Waals surface area contributed by atoms with Crippen molar-refractivity contribution in [2.24, 2.45) is 19.8 Å². The monoisotopic (exact) mass is 395 g/mol. The van der Waals surface area contributed by atoms with E-state index in [1.165, 1.54) is 0 Å². The quantitative estimate of drug-likeness (QED) is 0.254. The van der Waals surface area contributed by atoms with Crippen LogP contribution in [-0.4, -0.2) is 39.7 Å². The zero-order chi connectivity index (χ0) is 19.3. The molecule has 11 heteroatoms. The van der Waals surface area contributed by atoms with Crippen LogP contribution in [0.15, 0.2) is 24.5 Å². The Labute approximate surface area is 162 Å². The molecule has 2 rings (SSSR count). The lowest BCUT2D eigenvalue weighted by molar-refractivity contribution is -0.105. The summed E-state index contributed by atoms with van der Waals surface area (Å²) >= 11 is 0. The van der Waals surface area contributed by atoms with E-state index in [-0.39, 0.29) is 43.0 Å². The fourth-order valence-electron chi connectivity index (χ4n) is 2.39. The first-order chi connectivity index (χ1) is 12.3. The molecule has 0 atom stereocenters. The zero-order valence-electron chi connectivity index (χ0n) is 14.9. The Morgan fingerprint density at radius 3 is 2.26 bits per heavy atom. The van der Waals surface area contributed by atoms with Crippen molar-refractivity contribution in [2.75, 3.05) is 17.2 Å². The predicted molar refractivity (Wildman–Crippen MR) is 105 cm³/mol. The largest absolute Gasteiger partial charge is 0.388 e. The third-order valence-corrected chi connectivity index (χ3v) is 3.64. The molecule has 146 valence electrons. The minimum Gasteiger partial charge on any atom is -0.388 e. The molecule has 0 saturated heterocycles. The van der Waals surface area contributed by atoms with E-state index in [2.05, 4.69) is 16.0 Å². The van der Waals surface area contributed by atoms with Crippen LogP contribution in [0.3, 0.4) is 0 Å². The normalized spacial score (nSPS) is 9.85. The minimum absolute atomic E-state index is 0. The van der Waals surface area contributed by atoms with Gasteiger partial charge in [0.05, 0.1) is 17.2 Å². The average Bonchev–Trinajstić information content (AvgIpc) is 3.10. The number of nitrogens with zero attached hydrogens (tertiary/aromatic N) is 2. The molecule has 0 fully saturated rings. The highest BCUT2D eigenvalue weighted by atomic mass is 35.5. The number of amidine groups is 1. The Morgan fingerprint density at radius 2 is 1.67 bits per heavy atom. The van der Waals surface area contributed by atoms with E-state index >= 15 is 0 Å². The second-order valence-corrected chi connectivity index (χ2v) is 5.70. The van der Waals surface area contributed by atoms with Gasteiger partial charge in [0.2, 0.25) is 6.41 Å². The van der Waals surface area contributed by atoms with Gasteiger partial charge in [-0.05, 0) is 12.1 Å². The summed E-state index contributed by atoms with van der Waals surface area (Å²) in [5.74, 6) is -0.706. The number of nitrogens with one attached hydrogen (secondary N) is 4. The topological polar surface area (TPSA) is 147 Å². The number of carbonyl (C=O) groups is 3. The highest BCUT2D eigenvalue weighted by Gasteiger charge is 2.16. The van der Waals surface area contributed by atoms with Crippen molar-refractivity contribution in [3.63, 3.8) is 0 Å². The lowest BCUT2D eigenvalue weighted by atomic mass is 10.3. The molecule has 0 spiro atoms. The van der Waals surface area contributed by atoms with Gasteiger partial charge in [-0.3, -0.25) is 19.8 Å². The highest BCUT2D eigenvalue weighted by Crippen LogP contribution is 2.17. The van der Waals surface area contributed by atoms with Gasteiger partial charge in [-0.25, -0.2) is 0 Å². The molecule has 27 heavy (non-hydrogen) atoms. The van der Waals surface area contributed by atoms with E-state index in [1.807, 2.05) is 0 Å². The summed E-state index contributed by atoms with van der Waals surface area (Å²) in [5, 5.41) is 15.0. The Balaban J connectivity index is 0.00000364. The maximum absolute atomic E-state index is 12.4. The van der Waals surface area contributed by atoms with Crippen molar-refractivity contribution in [1.82, 2.24) is 14.5 Å². The van der Waals surface area contributed by atoms with Crippen LogP contribution in [0.2, 0.25) is 0 Å². The van der Waals surface area contributed by atoms with Crippen molar-refractivity contribution < 1.29 is 14.4 Å². The molecular formula is C16H22ClN7O3. The molecule has 3 amide bonds. The molecule has 0 aliphatic carbocycles. The van der Waals surface area contributed by atoms with Gasteiger partial charge >= 0.3 is 0 Å². The Hall–Kier alpha value is -3.27. The van der Waals surface area contributed by atoms with Crippen LogP contribution in [0.5, 0.6) is 0 Å². The van der Waals surface area contributed by atoms with Crippen molar-refractivity contribution in [2.45, 2.75) is 6.42 Å². The van der Waals surface area contributed by atoms with E-state index in [0.29, 0.717) is 29.2 Å². The first-order valence-electron chi connectivity index (χ1n) is 7.77. The van der Waals surface area contributed by atoms with Gasteiger partial charge in [-0.15, -0.1) is 12.4 Å². The molecule has 2 aromatic rings. The Kier molecular flexibility index (Phi) is 7.61. The number of rotatable bonds is 8. The van der Waals surface area contributed by atoms with Crippen LogP contribution in [0.1, 0.15) is 27.4 Å². The first-order valence-corrected chi connectivity index (χ1v) is 7.77. The number of amides is 3. The predicted octanol–water partition coefficient (Wildman–Crippen LogP) is 0.662. The number of anilines is 2. The smallest absolute Gasteiger partial charge is 0.272 e. The molecule has 10 nitrogen and oxygen atoms in total. The maximum atomic E-state index is 12.4. The SMILES string of the molecule is Cl.Cn1cc(NC(=O)c2cc(NC=O)cn2C)cc1C(=O)NCCC(=N)N. The summed E-state index contributed by atoms with van der Waals surface area (Å²) in [6.45, 7) is 0.261. The van der Waals surface area contributed by atoms with Gasteiger partial charge in [0.25, 0.3) is 11.8 Å². The van der Waals surface area contributed by atoms with Gasteiger partial charge in [0.1, 0.15) is 11.4 Å². The summed E-state index contributed by atoms with van der Waals surface area (Å²) in [6, 6.07) is 3.09. The van der Waals surface area contributed by atoms with E-state index in [0.717, 1.165) is 0 Å². The lowest BCUT2D eigenvalue weighted by Gasteiger charge is -2.04. The standard InChI is InChI=1S/C16H21N7O3.ClH/c1-22-7-10(20-9-24)5-13(22)16(26)21-11-6-12(23(2)8-11)15(25)19-4-3-14(17)18;/h5-9H,3-4H2,1-2H3,(H3,17,18)(H,19,25)(H,20,24)(H,21,26);1H. The third-order valence-electron chi connectivity index (χ3n) is 3.64. The fraction of sp³-hybridized carbons (Fsp3) is 0.250. The summed E-state index contributed by atoms with van der Waals surface area (Å²) < 4.78 is 3.17. The molecule has 6 N–H and O–H groups in total. The second kappa shape index (κ2) is 9.43. The van der Waals surface area contributed by atoms with Crippen LogP contribution in [0.25, 0.3) is 0 Å². The molecule has 2 aromatic heterocycles. The number of halogens is 1. The van der Waals surface area contributed by atoms with Crippen LogP contribution < -0.4 is 21.7 Å². The molecular weight excluding hydrogens is 374 g/mol. The van der Waals surface area contributed by atoms with E-state index < -0.39 is 0 Å². The number of hydrogen-bond donors (Lipinski definition) is 5. The van der Waals surface area contributed by atoms with E-state index in [9.17, 15) is 14.4 Å². The van der Waals surface area contributed by atoms with Crippen LogP contribution in [0.4, 0.5) is 11.4 Å². The van der Waals surface area contributed by atoms with Gasteiger partial charge in [-0.2, -0.15) is 0 Å². The molecule has 0 aromatic carbocycles. The van der Waals surface area contributed by atoms with Crippen molar-refractivity contribution >= 4 is 47.8 Å². The molecule has 0 aliphatic rings. The van der Waals surface area contributed by atoms with Gasteiger partial charge in [-0.1, -0.05) is 0 Å². The summed E-state index contributed by atoms with van der Waals surface area (Å²) in [6.07, 6.45) is 4.03. The summed E-state index contributed by atoms with van der Waals surface area (Å²) in [4.78, 5) is 35.0. The number of carbonyl (C=O) groups excluding carboxylic acids is 3. The molecule has 0 bridgehead atoms. The van der Waals surface area contributed by atoms with Crippen molar-refractivity contribution in [3.8, 4) is 0 Å². The number of nitrogens with two attached hydrogens (primary N) is 1. The average molecular weight is 396 g/mol. The maximum Gasteiger partial charge on any atom is 0.272 e. The second-order valence-electron chi connectivity index (χ2n) is 5.70. The number of aromatic nitrogens is 2. The zero-order valence-corrected chi connectivity index (χ0v) is 15.7. The highest BCUT2D eigenvalue weighted by molar-refractivity contribution is 6.05. The van der Waals surface area contributed by atoms with E-state index in [1.54, 1.807) is 47.8 Å². The first kappa shape index (κ1) is 21.8. The molecule has 0 saturated carbocycles. The van der Waals surface area contributed by atoms with Gasteiger partial charge in [0.15, 0.2) is 0 Å². The molecule has 0 aliphatic heterocycles. The number of hydrogen-bond acceptors (Lipinski definition) is 4. The fourth-order valence-corrected chi connectivity index (χ4v) is 2.39. The van der Waals surface area contributed by atoms with Crippen LogP contribution >= 0.6 is 12.4 Å². The third kappa shape index (κ3) is 5.61. The minimum atomic E-state index is -0.374. The number of aryl methyl sites for hydroxylation is 2. The Morgan fingerprint density at radius 1 is 1.11 bits per heavy atom. The molecule has 2 heterocycles. The van der Waals surface area contributed by atoms with Crippen LogP contribution in [-0.2, 0) is 18.9 Å². The van der Waals surface area contributed by atoms with E-state index in [4.69, 9.17) is 11.1 Å². The van der Waals surface area contributed by atoms with Crippen LogP contribution in [0, 0.1) is 5.41 Å². The summed E-state index contributed by atoms with van der Waals surface area (Å²) in [5.41, 5.74) is 6.92. The van der Waals surface area contributed by atoms with Crippen molar-refractivity contribution in [3.05, 3.63) is 35.9 Å². The summed E-state index contributed by atoms with van der Waals surface area (Å²) in [7, 11) is 3.37. The van der Waals surface area contributed by atoms with Gasteiger partial charge in [0, 0.05) is 39.5 Å². The van der Waals surface area contributed by atoms with Crippen molar-refractivity contribution in [1.29, 1.82) is 5.41 Å². The molecule has 0 unspecified atom stereocenters. The Bertz CT molecular complexity index is 856. The molecule has 0 radical (unpaired) electrons.